The van der Waals surface area contributed by atoms with Crippen LogP contribution in [0.5, 0.6) is 0 Å². The summed E-state index contributed by atoms with van der Waals surface area (Å²) in [6.45, 7) is 0. The minimum absolute atomic E-state index is 0.350. The molecule has 1 amide bonds. The highest BCUT2D eigenvalue weighted by atomic mass is 16.4. The van der Waals surface area contributed by atoms with E-state index in [1.165, 1.54) is 6.19 Å². The topological polar surface area (TPSA) is 90.2 Å². The third-order valence-corrected chi connectivity index (χ3v) is 1.62. The minimum atomic E-state index is -0.969. The Labute approximate surface area is 62.6 Å². The predicted molar refractivity (Wildman–Crippen MR) is 33.0 cm³/mol. The lowest BCUT2D eigenvalue weighted by atomic mass is 10.3. The molecule has 1 aliphatic rings. The van der Waals surface area contributed by atoms with Crippen LogP contribution in [0.4, 0.5) is 0 Å². The molecule has 0 saturated heterocycles. The zero-order valence-corrected chi connectivity index (χ0v) is 5.57. The fraction of sp³-hybridized carbons (Fsp3) is 0.500. The third kappa shape index (κ3) is 1.46. The van der Waals surface area contributed by atoms with Gasteiger partial charge in [-0.2, -0.15) is 5.26 Å². The van der Waals surface area contributed by atoms with Crippen LogP contribution in [0.25, 0.3) is 0 Å². The van der Waals surface area contributed by atoms with Gasteiger partial charge >= 0.3 is 5.97 Å². The first-order valence-corrected chi connectivity index (χ1v) is 3.08. The molecular formula is C6H6N2O3. The van der Waals surface area contributed by atoms with Gasteiger partial charge in [0.15, 0.2) is 6.19 Å². The average molecular weight is 154 g/mol. The Hall–Kier alpha value is -1.57. The zero-order chi connectivity index (χ0) is 8.43. The van der Waals surface area contributed by atoms with E-state index < -0.39 is 23.7 Å². The molecule has 2 atom stereocenters. The Kier molecular flexibility index (Phi) is 1.77. The van der Waals surface area contributed by atoms with E-state index in [1.54, 1.807) is 0 Å². The van der Waals surface area contributed by atoms with Crippen LogP contribution in [0, 0.1) is 23.3 Å². The molecule has 0 spiro atoms. The van der Waals surface area contributed by atoms with Crippen LogP contribution in [0.3, 0.4) is 0 Å². The Morgan fingerprint density at radius 2 is 2.18 bits per heavy atom. The first-order valence-electron chi connectivity index (χ1n) is 3.08. The fourth-order valence-electron chi connectivity index (χ4n) is 0.905. The van der Waals surface area contributed by atoms with Gasteiger partial charge in [-0.15, -0.1) is 0 Å². The zero-order valence-electron chi connectivity index (χ0n) is 5.57. The highest BCUT2D eigenvalue weighted by Crippen LogP contribution is 2.38. The van der Waals surface area contributed by atoms with E-state index in [4.69, 9.17) is 10.4 Å². The van der Waals surface area contributed by atoms with Crippen molar-refractivity contribution in [3.05, 3.63) is 0 Å². The quantitative estimate of drug-likeness (QED) is 0.406. The summed E-state index contributed by atoms with van der Waals surface area (Å²) in [7, 11) is 0. The maximum absolute atomic E-state index is 10.7. The second-order valence-electron chi connectivity index (χ2n) is 2.39. The first-order chi connectivity index (χ1) is 5.16. The van der Waals surface area contributed by atoms with Gasteiger partial charge in [-0.3, -0.25) is 14.9 Å². The van der Waals surface area contributed by atoms with Gasteiger partial charge in [-0.1, -0.05) is 0 Å². The van der Waals surface area contributed by atoms with E-state index in [1.807, 2.05) is 5.32 Å². The molecule has 2 unspecified atom stereocenters. The molecule has 0 aromatic heterocycles. The number of aliphatic carboxylic acids is 1. The van der Waals surface area contributed by atoms with Crippen molar-refractivity contribution in [1.82, 2.24) is 5.32 Å². The van der Waals surface area contributed by atoms with Gasteiger partial charge in [0.25, 0.3) is 0 Å². The summed E-state index contributed by atoms with van der Waals surface area (Å²) in [6.07, 6.45) is 1.81. The van der Waals surface area contributed by atoms with Crippen molar-refractivity contribution in [2.75, 3.05) is 0 Å². The highest BCUT2D eigenvalue weighted by Gasteiger charge is 2.48. The monoisotopic (exact) mass is 154 g/mol. The van der Waals surface area contributed by atoms with E-state index in [2.05, 4.69) is 0 Å². The van der Waals surface area contributed by atoms with Crippen molar-refractivity contribution < 1.29 is 14.7 Å². The Balaban J connectivity index is 2.39. The summed E-state index contributed by atoms with van der Waals surface area (Å²) in [4.78, 5) is 20.9. The number of carboxylic acids is 1. The molecule has 0 aromatic carbocycles. The number of rotatable bonds is 2. The standard InChI is InChI=1S/C6H6N2O3/c7-2-8-5(9)3-1-4(3)6(10)11/h3-4H,1H2,(H,8,9)(H,10,11). The van der Waals surface area contributed by atoms with Crippen molar-refractivity contribution in [2.24, 2.45) is 11.8 Å². The molecule has 1 fully saturated rings. The van der Waals surface area contributed by atoms with Gasteiger partial charge in [0.1, 0.15) is 0 Å². The Morgan fingerprint density at radius 1 is 1.55 bits per heavy atom. The number of hydrogen-bond donors (Lipinski definition) is 2. The molecule has 11 heavy (non-hydrogen) atoms. The van der Waals surface area contributed by atoms with Crippen LogP contribution in [0.1, 0.15) is 6.42 Å². The molecule has 0 heterocycles. The molecule has 0 aliphatic heterocycles. The van der Waals surface area contributed by atoms with Gasteiger partial charge in [-0.05, 0) is 6.42 Å². The molecule has 0 aromatic rings. The molecule has 2 N–H and O–H groups in total. The minimum Gasteiger partial charge on any atom is -0.481 e. The number of nitrogens with zero attached hydrogens (tertiary/aromatic N) is 1. The lowest BCUT2D eigenvalue weighted by molar-refractivity contribution is -0.140. The van der Waals surface area contributed by atoms with Crippen LogP contribution in [-0.2, 0) is 9.59 Å². The summed E-state index contributed by atoms with van der Waals surface area (Å²) >= 11 is 0. The summed E-state index contributed by atoms with van der Waals surface area (Å²) in [5.74, 6) is -2.53. The van der Waals surface area contributed by atoms with Crippen LogP contribution in [0.2, 0.25) is 0 Å². The van der Waals surface area contributed by atoms with Gasteiger partial charge in [0, 0.05) is 0 Å². The summed E-state index contributed by atoms with van der Waals surface area (Å²) < 4.78 is 0. The number of hydrogen-bond acceptors (Lipinski definition) is 3. The summed E-state index contributed by atoms with van der Waals surface area (Å²) in [5.41, 5.74) is 0. The normalized spacial score (nSPS) is 26.8. The number of carbonyl (C=O) groups is 2. The molecular weight excluding hydrogens is 148 g/mol. The largest absolute Gasteiger partial charge is 0.481 e. The van der Waals surface area contributed by atoms with Crippen molar-refractivity contribution >= 4 is 11.9 Å². The molecule has 58 valence electrons. The maximum atomic E-state index is 10.7. The smallest absolute Gasteiger partial charge is 0.307 e. The van der Waals surface area contributed by atoms with Crippen LogP contribution in [-0.4, -0.2) is 17.0 Å². The van der Waals surface area contributed by atoms with Crippen LogP contribution < -0.4 is 5.32 Å². The lowest BCUT2D eigenvalue weighted by Crippen LogP contribution is -2.21. The van der Waals surface area contributed by atoms with E-state index in [0.717, 1.165) is 0 Å². The third-order valence-electron chi connectivity index (χ3n) is 1.62. The van der Waals surface area contributed by atoms with E-state index in [0.29, 0.717) is 6.42 Å². The lowest BCUT2D eigenvalue weighted by Gasteiger charge is -1.90. The van der Waals surface area contributed by atoms with E-state index >= 15 is 0 Å². The number of nitrogens with one attached hydrogen (secondary N) is 1. The predicted octanol–water partition coefficient (Wildman–Crippen LogP) is -0.696. The SMILES string of the molecule is N#CNC(=O)C1CC1C(=O)O. The first kappa shape index (κ1) is 7.54. The molecule has 5 heteroatoms. The van der Waals surface area contributed by atoms with Crippen molar-refractivity contribution in [3.63, 3.8) is 0 Å². The second-order valence-corrected chi connectivity index (χ2v) is 2.39. The van der Waals surface area contributed by atoms with E-state index in [-0.39, 0.29) is 0 Å². The molecule has 0 radical (unpaired) electrons. The van der Waals surface area contributed by atoms with Crippen LogP contribution in [0.15, 0.2) is 0 Å². The van der Waals surface area contributed by atoms with Crippen molar-refractivity contribution in [3.8, 4) is 6.19 Å². The summed E-state index contributed by atoms with van der Waals surface area (Å²) in [5, 5.41) is 18.3. The van der Waals surface area contributed by atoms with Gasteiger partial charge < -0.3 is 5.11 Å². The van der Waals surface area contributed by atoms with Crippen LogP contribution >= 0.6 is 0 Å². The van der Waals surface area contributed by atoms with Crippen molar-refractivity contribution in [2.45, 2.75) is 6.42 Å². The van der Waals surface area contributed by atoms with Crippen molar-refractivity contribution in [1.29, 1.82) is 5.26 Å². The van der Waals surface area contributed by atoms with Gasteiger partial charge in [0.05, 0.1) is 11.8 Å². The summed E-state index contributed by atoms with van der Waals surface area (Å²) in [6, 6.07) is 0. The van der Waals surface area contributed by atoms with Gasteiger partial charge in [-0.25, -0.2) is 0 Å². The highest BCUT2D eigenvalue weighted by molar-refractivity contribution is 5.90. The Bertz CT molecular complexity index is 243. The number of nitriles is 1. The molecule has 1 rings (SSSR count). The van der Waals surface area contributed by atoms with E-state index in [9.17, 15) is 9.59 Å². The molecule has 5 nitrogen and oxygen atoms in total. The fourth-order valence-corrected chi connectivity index (χ4v) is 0.905. The number of carboxylic acid groups (broad SMARTS) is 1. The number of amides is 1. The molecule has 0 bridgehead atoms. The Morgan fingerprint density at radius 3 is 2.55 bits per heavy atom. The van der Waals surface area contributed by atoms with Gasteiger partial charge in [0.2, 0.25) is 5.91 Å². The maximum Gasteiger partial charge on any atom is 0.307 e. The second kappa shape index (κ2) is 2.58. The average Bonchev–Trinajstić information content (AvgIpc) is 2.65. The number of carbonyl (C=O) groups excluding carboxylic acids is 1. The molecule has 1 saturated carbocycles. The molecule has 1 aliphatic carbocycles.